The van der Waals surface area contributed by atoms with Crippen molar-refractivity contribution in [3.63, 3.8) is 0 Å². The fourth-order valence-electron chi connectivity index (χ4n) is 1.49. The Bertz CT molecular complexity index is 652. The molecule has 0 aliphatic carbocycles. The Hall–Kier alpha value is -1.66. The first kappa shape index (κ1) is 15.7. The number of hydrogen-bond acceptors (Lipinski definition) is 3. The number of carbonyl (C=O) groups excluding carboxylic acids is 1. The summed E-state index contributed by atoms with van der Waals surface area (Å²) in [4.78, 5) is 15.9. The predicted molar refractivity (Wildman–Crippen MR) is 82.1 cm³/mol. The standard InChI is InChI=1S/C14H11BrClFN2O2/c1-8(21-12-4-2-9(15)6-11(12)17)14(20)19-13-5-3-10(16)7-18-13/h2-8H,1H3,(H,18,19,20)/t8-/m0/s1. The van der Waals surface area contributed by atoms with E-state index in [1.807, 2.05) is 0 Å². The molecule has 0 saturated carbocycles. The maximum atomic E-state index is 13.6. The van der Waals surface area contributed by atoms with E-state index in [2.05, 4.69) is 26.2 Å². The molecule has 1 heterocycles. The van der Waals surface area contributed by atoms with Gasteiger partial charge in [-0.25, -0.2) is 9.37 Å². The van der Waals surface area contributed by atoms with E-state index < -0.39 is 17.8 Å². The third kappa shape index (κ3) is 4.41. The van der Waals surface area contributed by atoms with Crippen LogP contribution in [0.5, 0.6) is 5.75 Å². The molecule has 1 amide bonds. The van der Waals surface area contributed by atoms with Crippen LogP contribution in [0, 0.1) is 5.82 Å². The van der Waals surface area contributed by atoms with Crippen LogP contribution in [-0.4, -0.2) is 17.0 Å². The average molecular weight is 374 g/mol. The first-order valence-corrected chi connectivity index (χ1v) is 7.17. The van der Waals surface area contributed by atoms with Gasteiger partial charge in [-0.1, -0.05) is 27.5 Å². The number of nitrogens with zero attached hydrogens (tertiary/aromatic N) is 1. The summed E-state index contributed by atoms with van der Waals surface area (Å²) in [6, 6.07) is 7.51. The summed E-state index contributed by atoms with van der Waals surface area (Å²) in [5.74, 6) is -0.637. The van der Waals surface area contributed by atoms with Crippen LogP contribution in [0.2, 0.25) is 5.02 Å². The molecule has 2 rings (SSSR count). The third-order valence-electron chi connectivity index (χ3n) is 2.55. The molecule has 0 spiro atoms. The van der Waals surface area contributed by atoms with Crippen LogP contribution in [0.15, 0.2) is 41.0 Å². The topological polar surface area (TPSA) is 51.2 Å². The molecule has 0 fully saturated rings. The second-order valence-electron chi connectivity index (χ2n) is 4.19. The molecule has 7 heteroatoms. The Morgan fingerprint density at radius 3 is 2.81 bits per heavy atom. The Labute approximate surface area is 134 Å². The normalized spacial score (nSPS) is 11.8. The van der Waals surface area contributed by atoms with Gasteiger partial charge in [-0.15, -0.1) is 0 Å². The monoisotopic (exact) mass is 372 g/mol. The third-order valence-corrected chi connectivity index (χ3v) is 3.26. The van der Waals surface area contributed by atoms with Crippen molar-refractivity contribution >= 4 is 39.3 Å². The highest BCUT2D eigenvalue weighted by Crippen LogP contribution is 2.22. The average Bonchev–Trinajstić information content (AvgIpc) is 2.44. The number of halogens is 3. The fraction of sp³-hybridized carbons (Fsp3) is 0.143. The van der Waals surface area contributed by atoms with E-state index in [1.54, 1.807) is 18.2 Å². The number of amides is 1. The second kappa shape index (κ2) is 6.87. The lowest BCUT2D eigenvalue weighted by atomic mass is 10.3. The maximum Gasteiger partial charge on any atom is 0.266 e. The molecule has 1 atom stereocenters. The van der Waals surface area contributed by atoms with Gasteiger partial charge in [0.25, 0.3) is 5.91 Å². The molecule has 0 unspecified atom stereocenters. The number of aromatic nitrogens is 1. The quantitative estimate of drug-likeness (QED) is 0.880. The van der Waals surface area contributed by atoms with E-state index in [0.29, 0.717) is 15.3 Å². The van der Waals surface area contributed by atoms with Crippen LogP contribution in [0.1, 0.15) is 6.92 Å². The first-order chi connectivity index (χ1) is 9.95. The van der Waals surface area contributed by atoms with Gasteiger partial charge in [-0.05, 0) is 37.3 Å². The van der Waals surface area contributed by atoms with Crippen molar-refractivity contribution in [2.75, 3.05) is 5.32 Å². The van der Waals surface area contributed by atoms with Crippen molar-refractivity contribution in [3.8, 4) is 5.75 Å². The van der Waals surface area contributed by atoms with Crippen molar-refractivity contribution in [2.24, 2.45) is 0 Å². The van der Waals surface area contributed by atoms with E-state index in [-0.39, 0.29) is 5.75 Å². The number of benzene rings is 1. The van der Waals surface area contributed by atoms with Crippen molar-refractivity contribution in [1.82, 2.24) is 4.98 Å². The molecule has 110 valence electrons. The highest BCUT2D eigenvalue weighted by atomic mass is 79.9. The van der Waals surface area contributed by atoms with Gasteiger partial charge in [0.1, 0.15) is 5.82 Å². The highest BCUT2D eigenvalue weighted by Gasteiger charge is 2.17. The van der Waals surface area contributed by atoms with Crippen molar-refractivity contribution in [1.29, 1.82) is 0 Å². The Balaban J connectivity index is 2.00. The second-order valence-corrected chi connectivity index (χ2v) is 5.54. The van der Waals surface area contributed by atoms with Crippen molar-refractivity contribution < 1.29 is 13.9 Å². The largest absolute Gasteiger partial charge is 0.478 e. The van der Waals surface area contributed by atoms with Crippen LogP contribution < -0.4 is 10.1 Å². The number of anilines is 1. The zero-order valence-electron chi connectivity index (χ0n) is 10.9. The molecule has 0 bridgehead atoms. The Morgan fingerprint density at radius 1 is 1.43 bits per heavy atom. The zero-order chi connectivity index (χ0) is 15.4. The summed E-state index contributed by atoms with van der Waals surface area (Å²) >= 11 is 8.85. The van der Waals surface area contributed by atoms with Gasteiger partial charge in [-0.2, -0.15) is 0 Å². The molecule has 1 N–H and O–H groups in total. The van der Waals surface area contributed by atoms with Crippen LogP contribution in [0.25, 0.3) is 0 Å². The molecule has 1 aromatic heterocycles. The smallest absolute Gasteiger partial charge is 0.266 e. The number of rotatable bonds is 4. The first-order valence-electron chi connectivity index (χ1n) is 6.00. The van der Waals surface area contributed by atoms with Gasteiger partial charge in [0.05, 0.1) is 5.02 Å². The summed E-state index contributed by atoms with van der Waals surface area (Å²) in [5, 5.41) is 3.02. The molecule has 2 aromatic rings. The number of ether oxygens (including phenoxy) is 1. The molecular weight excluding hydrogens is 363 g/mol. The predicted octanol–water partition coefficient (Wildman–Crippen LogP) is 4.04. The Kier molecular flexibility index (Phi) is 5.14. The summed E-state index contributed by atoms with van der Waals surface area (Å²) in [6.45, 7) is 1.52. The van der Waals surface area contributed by atoms with Crippen molar-refractivity contribution in [3.05, 3.63) is 51.8 Å². The molecule has 21 heavy (non-hydrogen) atoms. The summed E-state index contributed by atoms with van der Waals surface area (Å²) in [7, 11) is 0. The van der Waals surface area contributed by atoms with Crippen LogP contribution in [0.4, 0.5) is 10.2 Å². The molecule has 0 radical (unpaired) electrons. The number of carbonyl (C=O) groups is 1. The SMILES string of the molecule is C[C@H](Oc1ccc(Br)cc1F)C(=O)Nc1ccc(Cl)cn1. The minimum absolute atomic E-state index is 0.00455. The van der Waals surface area contributed by atoms with Crippen LogP contribution in [-0.2, 0) is 4.79 Å². The summed E-state index contributed by atoms with van der Waals surface area (Å²) in [6.07, 6.45) is 0.537. The lowest BCUT2D eigenvalue weighted by molar-refractivity contribution is -0.122. The number of nitrogens with one attached hydrogen (secondary N) is 1. The number of pyridine rings is 1. The lowest BCUT2D eigenvalue weighted by Crippen LogP contribution is -2.30. The van der Waals surface area contributed by atoms with E-state index in [1.165, 1.54) is 25.3 Å². The van der Waals surface area contributed by atoms with E-state index in [0.717, 1.165) is 0 Å². The zero-order valence-corrected chi connectivity index (χ0v) is 13.3. The van der Waals surface area contributed by atoms with Gasteiger partial charge in [-0.3, -0.25) is 4.79 Å². The van der Waals surface area contributed by atoms with Gasteiger partial charge in [0.2, 0.25) is 0 Å². The van der Waals surface area contributed by atoms with Gasteiger partial charge >= 0.3 is 0 Å². The lowest BCUT2D eigenvalue weighted by Gasteiger charge is -2.15. The number of hydrogen-bond donors (Lipinski definition) is 1. The maximum absolute atomic E-state index is 13.6. The molecular formula is C14H11BrClFN2O2. The van der Waals surface area contributed by atoms with Crippen molar-refractivity contribution in [2.45, 2.75) is 13.0 Å². The minimum Gasteiger partial charge on any atom is -0.478 e. The van der Waals surface area contributed by atoms with E-state index >= 15 is 0 Å². The van der Waals surface area contributed by atoms with E-state index in [4.69, 9.17) is 16.3 Å². The summed E-state index contributed by atoms with van der Waals surface area (Å²) in [5.41, 5.74) is 0. The molecule has 0 aliphatic heterocycles. The van der Waals surface area contributed by atoms with Gasteiger partial charge in [0, 0.05) is 10.7 Å². The molecule has 0 saturated heterocycles. The fourth-order valence-corrected chi connectivity index (χ4v) is 1.94. The van der Waals surface area contributed by atoms with E-state index in [9.17, 15) is 9.18 Å². The molecule has 1 aromatic carbocycles. The van der Waals surface area contributed by atoms with Gasteiger partial charge in [0.15, 0.2) is 17.7 Å². The molecule has 4 nitrogen and oxygen atoms in total. The van der Waals surface area contributed by atoms with Crippen LogP contribution in [0.3, 0.4) is 0 Å². The molecule has 0 aliphatic rings. The van der Waals surface area contributed by atoms with Gasteiger partial charge < -0.3 is 10.1 Å². The highest BCUT2D eigenvalue weighted by molar-refractivity contribution is 9.10. The summed E-state index contributed by atoms with van der Waals surface area (Å²) < 4.78 is 19.5. The van der Waals surface area contributed by atoms with Crippen LogP contribution >= 0.6 is 27.5 Å². The Morgan fingerprint density at radius 2 is 2.19 bits per heavy atom. The minimum atomic E-state index is -0.877.